The smallest absolute Gasteiger partial charge is 0.255 e. The average Bonchev–Trinajstić information content (AvgIpc) is 3.45. The molecular weight excluding hydrogens is 521 g/mol. The highest BCUT2D eigenvalue weighted by Gasteiger charge is 2.64. The van der Waals surface area contributed by atoms with Crippen LogP contribution in [0.3, 0.4) is 0 Å². The summed E-state index contributed by atoms with van der Waals surface area (Å²) in [7, 11) is 3.07. The van der Waals surface area contributed by atoms with Gasteiger partial charge >= 0.3 is 0 Å². The zero-order valence-corrected chi connectivity index (χ0v) is 22.7. The Morgan fingerprint density at radius 1 is 1.18 bits per heavy atom. The number of likely N-dealkylation sites (N-methyl/N-ethyl adjacent to an activating group) is 1. The van der Waals surface area contributed by atoms with Gasteiger partial charge in [-0.2, -0.15) is 0 Å². The number of rotatable bonds is 4. The van der Waals surface area contributed by atoms with Crippen molar-refractivity contribution in [2.24, 2.45) is 23.5 Å². The lowest BCUT2D eigenvalue weighted by molar-refractivity contribution is -0.153. The Labute approximate surface area is 230 Å². The number of aliphatic hydroxyl groups excluding tert-OH is 2. The fraction of sp³-hybridized carbons (Fsp3) is 0.552. The predicted molar refractivity (Wildman–Crippen MR) is 141 cm³/mol. The van der Waals surface area contributed by atoms with Crippen molar-refractivity contribution in [2.45, 2.75) is 56.7 Å². The molecule has 6 N–H and O–H groups in total. The Hall–Kier alpha value is -3.28. The lowest BCUT2D eigenvalue weighted by Crippen LogP contribution is -2.65. The summed E-state index contributed by atoms with van der Waals surface area (Å²) in [5.41, 5.74) is 2.31. The molecule has 6 rings (SSSR count). The summed E-state index contributed by atoms with van der Waals surface area (Å²) in [6.07, 6.45) is 2.09. The summed E-state index contributed by atoms with van der Waals surface area (Å²) < 4.78 is 16.4. The van der Waals surface area contributed by atoms with Gasteiger partial charge in [0, 0.05) is 34.2 Å². The molecule has 0 spiro atoms. The number of halogens is 1. The van der Waals surface area contributed by atoms with Crippen molar-refractivity contribution >= 4 is 23.2 Å². The topological polar surface area (TPSA) is 165 Å². The van der Waals surface area contributed by atoms with Gasteiger partial charge in [0.15, 0.2) is 11.4 Å². The molecule has 5 aliphatic rings. The molecule has 1 amide bonds. The summed E-state index contributed by atoms with van der Waals surface area (Å²) in [5.74, 6) is -7.65. The Morgan fingerprint density at radius 3 is 2.50 bits per heavy atom. The third-order valence-corrected chi connectivity index (χ3v) is 9.86. The molecule has 1 aromatic carbocycles. The first-order chi connectivity index (χ1) is 18.9. The average molecular weight is 556 g/mol. The van der Waals surface area contributed by atoms with Crippen LogP contribution in [0.1, 0.15) is 54.5 Å². The zero-order valence-electron chi connectivity index (χ0n) is 22.7. The fourth-order valence-electron chi connectivity index (χ4n) is 8.28. The molecule has 214 valence electrons. The van der Waals surface area contributed by atoms with Crippen LogP contribution >= 0.6 is 0 Å². The number of fused-ring (bicyclic) bond motifs is 6. The van der Waals surface area contributed by atoms with Gasteiger partial charge in [0.25, 0.3) is 5.91 Å². The molecule has 40 heavy (non-hydrogen) atoms. The lowest BCUT2D eigenvalue weighted by Gasteiger charge is -2.50. The van der Waals surface area contributed by atoms with E-state index in [4.69, 9.17) is 5.73 Å². The number of aromatic hydroxyl groups is 1. The Bertz CT molecular complexity index is 1450. The van der Waals surface area contributed by atoms with Crippen molar-refractivity contribution in [3.05, 3.63) is 45.0 Å². The third kappa shape index (κ3) is 3.22. The number of Topliss-reactive ketones (excluding diaryl/α,β-unsaturated/α-hetero) is 2. The molecule has 0 aromatic heterocycles. The van der Waals surface area contributed by atoms with Crippen LogP contribution in [0.5, 0.6) is 5.75 Å². The Kier molecular flexibility index (Phi) is 5.96. The number of carbonyl (C=O) groups is 3. The van der Waals surface area contributed by atoms with Crippen LogP contribution in [-0.2, 0) is 27.2 Å². The Morgan fingerprint density at radius 2 is 1.88 bits per heavy atom. The van der Waals surface area contributed by atoms with Crippen molar-refractivity contribution in [2.75, 3.05) is 27.2 Å². The number of nitrogens with two attached hydrogens (primary N) is 1. The van der Waals surface area contributed by atoms with Crippen molar-refractivity contribution in [3.8, 4) is 5.75 Å². The molecule has 0 bridgehead atoms. The monoisotopic (exact) mass is 555 g/mol. The molecular formula is C29H34FN3O7. The van der Waals surface area contributed by atoms with Crippen LogP contribution in [0, 0.1) is 23.6 Å². The summed E-state index contributed by atoms with van der Waals surface area (Å²) in [6.45, 7) is 3.71. The fourth-order valence-corrected chi connectivity index (χ4v) is 8.28. The van der Waals surface area contributed by atoms with E-state index >= 15 is 4.39 Å². The number of aliphatic hydroxyl groups is 3. The van der Waals surface area contributed by atoms with Crippen LogP contribution in [0.25, 0.3) is 5.76 Å². The first-order valence-electron chi connectivity index (χ1n) is 13.8. The number of phenols is 1. The number of amides is 1. The largest absolute Gasteiger partial charge is 0.508 e. The number of nitrogens with zero attached hydrogens (tertiary/aromatic N) is 2. The molecule has 1 saturated heterocycles. The van der Waals surface area contributed by atoms with Crippen LogP contribution < -0.4 is 5.73 Å². The Balaban J connectivity index is 1.53. The molecule has 1 heterocycles. The van der Waals surface area contributed by atoms with Gasteiger partial charge in [-0.25, -0.2) is 4.39 Å². The lowest BCUT2D eigenvalue weighted by atomic mass is 9.57. The van der Waals surface area contributed by atoms with E-state index in [9.17, 15) is 34.8 Å². The van der Waals surface area contributed by atoms with Crippen molar-refractivity contribution in [1.82, 2.24) is 9.80 Å². The summed E-state index contributed by atoms with van der Waals surface area (Å²) in [5, 5.41) is 45.5. The van der Waals surface area contributed by atoms with Gasteiger partial charge in [-0.1, -0.05) is 6.92 Å². The van der Waals surface area contributed by atoms with Gasteiger partial charge in [-0.15, -0.1) is 0 Å². The summed E-state index contributed by atoms with van der Waals surface area (Å²) >= 11 is 0. The highest BCUT2D eigenvalue weighted by Crippen LogP contribution is 2.57. The molecule has 1 saturated carbocycles. The highest BCUT2D eigenvalue weighted by atomic mass is 19.1. The second-order valence-corrected chi connectivity index (χ2v) is 12.1. The maximum Gasteiger partial charge on any atom is 0.255 e. The quantitative estimate of drug-likeness (QED) is 0.346. The van der Waals surface area contributed by atoms with E-state index < -0.39 is 63.9 Å². The van der Waals surface area contributed by atoms with Gasteiger partial charge < -0.3 is 26.2 Å². The summed E-state index contributed by atoms with van der Waals surface area (Å²) in [4.78, 5) is 43.0. The van der Waals surface area contributed by atoms with E-state index in [2.05, 4.69) is 11.8 Å². The number of hydrogen-bond acceptors (Lipinski definition) is 9. The number of phenolic OH excluding ortho intramolecular Hbond substituents is 1. The SMILES string of the molecule is CCCN1CCC2Cc3c(O)c4c(c(F)c3C21)C[C@H]1C[C@H]2[C@H](N(C)C)C(=O)C(C(N)=O)=C(O)[C@@]2(O)C(=O)C1=C4O. The number of primary amides is 1. The first-order valence-corrected chi connectivity index (χ1v) is 13.8. The molecule has 11 heteroatoms. The molecule has 1 aromatic rings. The minimum atomic E-state index is -2.72. The van der Waals surface area contributed by atoms with Gasteiger partial charge in [0.1, 0.15) is 28.7 Å². The van der Waals surface area contributed by atoms with Crippen LogP contribution in [0.2, 0.25) is 0 Å². The maximum absolute atomic E-state index is 16.4. The minimum Gasteiger partial charge on any atom is -0.508 e. The molecule has 10 nitrogen and oxygen atoms in total. The second-order valence-electron chi connectivity index (χ2n) is 12.1. The summed E-state index contributed by atoms with van der Waals surface area (Å²) in [6, 6.07) is -1.35. The van der Waals surface area contributed by atoms with E-state index in [1.807, 2.05) is 0 Å². The third-order valence-electron chi connectivity index (χ3n) is 9.86. The zero-order chi connectivity index (χ0) is 29.0. The van der Waals surface area contributed by atoms with Crippen LogP contribution in [0.15, 0.2) is 16.9 Å². The van der Waals surface area contributed by atoms with E-state index in [-0.39, 0.29) is 47.3 Å². The van der Waals surface area contributed by atoms with E-state index in [0.717, 1.165) is 25.9 Å². The molecule has 2 unspecified atom stereocenters. The van der Waals surface area contributed by atoms with Crippen molar-refractivity contribution in [3.63, 3.8) is 0 Å². The van der Waals surface area contributed by atoms with Crippen LogP contribution in [-0.4, -0.2) is 86.5 Å². The van der Waals surface area contributed by atoms with Gasteiger partial charge in [0.2, 0.25) is 5.78 Å². The molecule has 1 aliphatic heterocycles. The molecule has 6 atom stereocenters. The number of ketones is 2. The van der Waals surface area contributed by atoms with Gasteiger partial charge in [0.05, 0.1) is 11.6 Å². The number of benzene rings is 1. The molecule has 4 aliphatic carbocycles. The van der Waals surface area contributed by atoms with Gasteiger partial charge in [-0.3, -0.25) is 24.2 Å². The highest BCUT2D eigenvalue weighted by molar-refractivity contribution is 6.24. The van der Waals surface area contributed by atoms with E-state index in [1.165, 1.54) is 19.0 Å². The van der Waals surface area contributed by atoms with Crippen LogP contribution in [0.4, 0.5) is 4.39 Å². The standard InChI is InChI=1S/C29H34FN3O7/c1-4-6-33-7-5-11-8-14-17(21(11)33)20(30)13-9-12-10-15-22(32(2)3)25(36)19(28(31)39)27(38)29(15,40)26(37)16(12)24(35)18(13)23(14)34/h11-12,15,21-22,34-35,38,40H,4-10H2,1-3H3,(H2,31,39)/t11?,12-,15-,21?,22-,29-/m0/s1. The normalized spacial score (nSPS) is 33.2. The first kappa shape index (κ1) is 26.9. The predicted octanol–water partition coefficient (Wildman–Crippen LogP) is 1.43. The van der Waals surface area contributed by atoms with Crippen molar-refractivity contribution in [1.29, 1.82) is 0 Å². The second kappa shape index (κ2) is 8.86. The van der Waals surface area contributed by atoms with Gasteiger partial charge in [-0.05, 0) is 71.1 Å². The number of likely N-dealkylation sites (tertiary alicyclic amines) is 1. The molecule has 2 fully saturated rings. The number of hydrogen-bond donors (Lipinski definition) is 5. The molecule has 0 radical (unpaired) electrons. The van der Waals surface area contributed by atoms with Crippen molar-refractivity contribution < 1.29 is 39.2 Å². The van der Waals surface area contributed by atoms with E-state index in [0.29, 0.717) is 17.5 Å². The minimum absolute atomic E-state index is 0.0492. The number of carbonyl (C=O) groups excluding carboxylic acids is 3. The van der Waals surface area contributed by atoms with E-state index in [1.54, 1.807) is 0 Å². The maximum atomic E-state index is 16.4.